The van der Waals surface area contributed by atoms with Crippen LogP contribution in [-0.4, -0.2) is 20.1 Å². The first-order chi connectivity index (χ1) is 7.58. The Balaban J connectivity index is 2.02. The van der Waals surface area contributed by atoms with Crippen LogP contribution in [0.4, 0.5) is 0 Å². The molecule has 5 heteroatoms. The Hall–Kier alpha value is -1.62. The van der Waals surface area contributed by atoms with E-state index in [9.17, 15) is 8.42 Å². The number of aliphatic imine (C=N–C) groups is 1. The van der Waals surface area contributed by atoms with Gasteiger partial charge in [-0.3, -0.25) is 0 Å². The third-order valence-corrected chi connectivity index (χ3v) is 3.53. The van der Waals surface area contributed by atoms with E-state index in [-0.39, 0.29) is 11.7 Å². The van der Waals surface area contributed by atoms with Crippen molar-refractivity contribution >= 4 is 14.9 Å². The molecular formula is C11H11NO3S. The van der Waals surface area contributed by atoms with E-state index in [0.717, 1.165) is 11.0 Å². The Bertz CT molecular complexity index is 541. The molecule has 0 unspecified atom stereocenters. The number of rotatable bonds is 3. The summed E-state index contributed by atoms with van der Waals surface area (Å²) in [4.78, 5) is 3.74. The van der Waals surface area contributed by atoms with E-state index in [1.807, 2.05) is 19.1 Å². The monoisotopic (exact) mass is 237 g/mol. The molecule has 0 aliphatic carbocycles. The maximum absolute atomic E-state index is 11.3. The summed E-state index contributed by atoms with van der Waals surface area (Å²) in [6.45, 7) is 1.94. The second-order valence-corrected chi connectivity index (χ2v) is 5.29. The molecule has 2 rings (SSSR count). The standard InChI is InChI=1S/C11H11NO3S/c1-9-2-4-10(5-3-9)15-8-11-12-6-7-16(11,13)14/h2-7H,8H2,1H3. The van der Waals surface area contributed by atoms with Crippen LogP contribution < -0.4 is 4.74 Å². The van der Waals surface area contributed by atoms with Crippen LogP contribution in [0.5, 0.6) is 5.75 Å². The van der Waals surface area contributed by atoms with E-state index in [4.69, 9.17) is 4.74 Å². The van der Waals surface area contributed by atoms with Gasteiger partial charge in [0.05, 0.1) is 5.41 Å². The van der Waals surface area contributed by atoms with Crippen LogP contribution in [0.1, 0.15) is 5.56 Å². The Labute approximate surface area is 94.2 Å². The lowest BCUT2D eigenvalue weighted by molar-refractivity contribution is 0.378. The molecule has 0 amide bonds. The van der Waals surface area contributed by atoms with Gasteiger partial charge in [0.15, 0.2) is 5.04 Å². The zero-order valence-electron chi connectivity index (χ0n) is 8.75. The number of sulfone groups is 1. The molecule has 1 aliphatic heterocycles. The predicted octanol–water partition coefficient (Wildman–Crippen LogP) is 1.67. The minimum absolute atomic E-state index is 0.0294. The number of hydrogen-bond acceptors (Lipinski definition) is 4. The lowest BCUT2D eigenvalue weighted by Crippen LogP contribution is -2.17. The first kappa shape index (κ1) is 10.9. The Kier molecular flexibility index (Phi) is 2.78. The minimum Gasteiger partial charge on any atom is -0.487 e. The predicted molar refractivity (Wildman–Crippen MR) is 62.2 cm³/mol. The van der Waals surface area contributed by atoms with E-state index >= 15 is 0 Å². The maximum atomic E-state index is 11.3. The van der Waals surface area contributed by atoms with Crippen molar-refractivity contribution in [3.05, 3.63) is 41.4 Å². The molecule has 1 aromatic rings. The van der Waals surface area contributed by atoms with Gasteiger partial charge in [0.25, 0.3) is 0 Å². The van der Waals surface area contributed by atoms with Crippen molar-refractivity contribution < 1.29 is 13.2 Å². The molecule has 0 N–H and O–H groups in total. The van der Waals surface area contributed by atoms with Gasteiger partial charge >= 0.3 is 0 Å². The highest BCUT2D eigenvalue weighted by Crippen LogP contribution is 2.13. The first-order valence-electron chi connectivity index (χ1n) is 4.76. The molecule has 4 nitrogen and oxygen atoms in total. The number of benzene rings is 1. The van der Waals surface area contributed by atoms with Gasteiger partial charge in [-0.1, -0.05) is 17.7 Å². The summed E-state index contributed by atoms with van der Waals surface area (Å²) >= 11 is 0. The van der Waals surface area contributed by atoms with E-state index in [0.29, 0.717) is 5.75 Å². The van der Waals surface area contributed by atoms with Crippen LogP contribution >= 0.6 is 0 Å². The molecule has 0 saturated carbocycles. The lowest BCUT2D eigenvalue weighted by Gasteiger charge is -2.05. The smallest absolute Gasteiger partial charge is 0.218 e. The van der Waals surface area contributed by atoms with Crippen LogP contribution in [0.3, 0.4) is 0 Å². The highest BCUT2D eigenvalue weighted by molar-refractivity contribution is 8.09. The number of ether oxygens (including phenoxy) is 1. The quantitative estimate of drug-likeness (QED) is 0.803. The fourth-order valence-corrected chi connectivity index (χ4v) is 2.05. The number of aryl methyl sites for hydroxylation is 1. The van der Waals surface area contributed by atoms with Crippen LogP contribution in [-0.2, 0) is 9.84 Å². The van der Waals surface area contributed by atoms with E-state index in [2.05, 4.69) is 4.99 Å². The Morgan fingerprint density at radius 2 is 1.94 bits per heavy atom. The molecule has 0 saturated heterocycles. The SMILES string of the molecule is Cc1ccc(OCC2=NC=CS2(=O)=O)cc1. The van der Waals surface area contributed by atoms with Crippen LogP contribution in [0.15, 0.2) is 40.9 Å². The molecular weight excluding hydrogens is 226 g/mol. The van der Waals surface area contributed by atoms with Crippen molar-refractivity contribution in [1.82, 2.24) is 0 Å². The fourth-order valence-electron chi connectivity index (χ4n) is 1.24. The summed E-state index contributed by atoms with van der Waals surface area (Å²) in [7, 11) is -3.32. The molecule has 1 aromatic carbocycles. The van der Waals surface area contributed by atoms with Crippen molar-refractivity contribution in [3.8, 4) is 5.75 Å². The molecule has 0 spiro atoms. The van der Waals surface area contributed by atoms with Gasteiger partial charge in [0.2, 0.25) is 9.84 Å². The van der Waals surface area contributed by atoms with Gasteiger partial charge in [-0.15, -0.1) is 0 Å². The van der Waals surface area contributed by atoms with Gasteiger partial charge in [0, 0.05) is 6.20 Å². The summed E-state index contributed by atoms with van der Waals surface area (Å²) in [5.74, 6) is 0.635. The Morgan fingerprint density at radius 3 is 2.50 bits per heavy atom. The van der Waals surface area contributed by atoms with Crippen LogP contribution in [0.25, 0.3) is 0 Å². The third-order valence-electron chi connectivity index (χ3n) is 2.17. The summed E-state index contributed by atoms with van der Waals surface area (Å²) in [5.41, 5.74) is 1.12. The van der Waals surface area contributed by atoms with E-state index < -0.39 is 9.84 Å². The topological polar surface area (TPSA) is 55.7 Å². The number of hydrogen-bond donors (Lipinski definition) is 0. The van der Waals surface area contributed by atoms with Gasteiger partial charge in [-0.2, -0.15) is 0 Å². The summed E-state index contributed by atoms with van der Waals surface area (Å²) in [5, 5.41) is 1.12. The Morgan fingerprint density at radius 1 is 1.25 bits per heavy atom. The summed E-state index contributed by atoms with van der Waals surface area (Å²) in [6.07, 6.45) is 1.27. The van der Waals surface area contributed by atoms with Crippen LogP contribution in [0.2, 0.25) is 0 Å². The first-order valence-corrected chi connectivity index (χ1v) is 6.30. The van der Waals surface area contributed by atoms with Crippen LogP contribution in [0, 0.1) is 6.92 Å². The maximum Gasteiger partial charge on any atom is 0.218 e. The molecule has 1 heterocycles. The summed E-state index contributed by atoms with van der Waals surface area (Å²) < 4.78 is 28.0. The molecule has 0 atom stereocenters. The molecule has 1 aliphatic rings. The molecule has 16 heavy (non-hydrogen) atoms. The van der Waals surface area contributed by atoms with E-state index in [1.54, 1.807) is 12.1 Å². The van der Waals surface area contributed by atoms with Crippen molar-refractivity contribution in [2.24, 2.45) is 4.99 Å². The molecule has 0 aromatic heterocycles. The zero-order valence-corrected chi connectivity index (χ0v) is 9.57. The van der Waals surface area contributed by atoms with Gasteiger partial charge < -0.3 is 4.74 Å². The molecule has 0 fully saturated rings. The average Bonchev–Trinajstić information content (AvgIpc) is 2.57. The highest BCUT2D eigenvalue weighted by atomic mass is 32.2. The second kappa shape index (κ2) is 4.09. The van der Waals surface area contributed by atoms with Crippen molar-refractivity contribution in [3.63, 3.8) is 0 Å². The normalized spacial score (nSPS) is 17.2. The highest BCUT2D eigenvalue weighted by Gasteiger charge is 2.20. The van der Waals surface area contributed by atoms with Crippen molar-refractivity contribution in [2.75, 3.05) is 6.61 Å². The zero-order chi connectivity index (χ0) is 11.6. The van der Waals surface area contributed by atoms with Crippen molar-refractivity contribution in [1.29, 1.82) is 0 Å². The second-order valence-electron chi connectivity index (χ2n) is 3.45. The molecule has 84 valence electrons. The van der Waals surface area contributed by atoms with Gasteiger partial charge in [0.1, 0.15) is 12.4 Å². The largest absolute Gasteiger partial charge is 0.487 e. The number of nitrogens with zero attached hydrogens (tertiary/aromatic N) is 1. The fraction of sp³-hybridized carbons (Fsp3) is 0.182. The van der Waals surface area contributed by atoms with E-state index in [1.165, 1.54) is 6.20 Å². The summed E-state index contributed by atoms with van der Waals surface area (Å²) in [6, 6.07) is 7.40. The molecule has 0 radical (unpaired) electrons. The van der Waals surface area contributed by atoms with Gasteiger partial charge in [-0.05, 0) is 19.1 Å². The van der Waals surface area contributed by atoms with Crippen molar-refractivity contribution in [2.45, 2.75) is 6.92 Å². The average molecular weight is 237 g/mol. The van der Waals surface area contributed by atoms with Gasteiger partial charge in [-0.25, -0.2) is 13.4 Å². The lowest BCUT2D eigenvalue weighted by atomic mass is 10.2. The minimum atomic E-state index is -3.32. The third kappa shape index (κ3) is 2.30. The molecule has 0 bridgehead atoms.